The van der Waals surface area contributed by atoms with Crippen molar-refractivity contribution in [1.29, 1.82) is 0 Å². The molecule has 0 saturated heterocycles. The fourth-order valence-electron chi connectivity index (χ4n) is 2.00. The van der Waals surface area contributed by atoms with Crippen molar-refractivity contribution < 1.29 is 9.72 Å². The minimum atomic E-state index is -0.439. The largest absolute Gasteiger partial charge is 0.344 e. The molecule has 0 aliphatic heterocycles. The first-order valence-electron chi connectivity index (χ1n) is 7.02. The maximum atomic E-state index is 12.4. The summed E-state index contributed by atoms with van der Waals surface area (Å²) in [6.45, 7) is 6.97. The molecule has 122 valence electrons. The molecule has 6 nitrogen and oxygen atoms in total. The number of benzene rings is 1. The number of nitrogens with zero attached hydrogens (tertiary/aromatic N) is 2. The summed E-state index contributed by atoms with van der Waals surface area (Å²) in [4.78, 5) is 25.1. The van der Waals surface area contributed by atoms with Crippen LogP contribution in [0, 0.1) is 15.5 Å². The lowest BCUT2D eigenvalue weighted by Gasteiger charge is -2.30. The minimum Gasteiger partial charge on any atom is -0.344 e. The topological polar surface area (TPSA) is 89.5 Å². The zero-order chi connectivity index (χ0) is 16.9. The molecule has 0 heterocycles. The molecule has 1 rings (SSSR count). The number of rotatable bonds is 7. The molecule has 1 aromatic carbocycles. The van der Waals surface area contributed by atoms with Crippen LogP contribution in [0.4, 0.5) is 5.69 Å². The van der Waals surface area contributed by atoms with E-state index in [1.165, 1.54) is 23.9 Å². The molecule has 0 aromatic heterocycles. The average molecular weight is 325 g/mol. The van der Waals surface area contributed by atoms with Crippen molar-refractivity contribution in [3.63, 3.8) is 0 Å². The predicted molar refractivity (Wildman–Crippen MR) is 88.9 cm³/mol. The van der Waals surface area contributed by atoms with Crippen LogP contribution in [0.5, 0.6) is 0 Å². The van der Waals surface area contributed by atoms with Gasteiger partial charge in [-0.05, 0) is 31.0 Å². The number of amides is 1. The Balaban J connectivity index is 2.65. The SMILES string of the molecule is CC(Sc1ccc([N+](=O)[O-])cc1)C(=O)N(C)CC(C)(C)CN. The molecule has 0 bridgehead atoms. The van der Waals surface area contributed by atoms with Crippen molar-refractivity contribution in [2.75, 3.05) is 20.1 Å². The van der Waals surface area contributed by atoms with Gasteiger partial charge in [0.15, 0.2) is 0 Å². The van der Waals surface area contributed by atoms with Crippen molar-refractivity contribution in [1.82, 2.24) is 4.90 Å². The summed E-state index contributed by atoms with van der Waals surface area (Å²) in [7, 11) is 1.77. The second-order valence-electron chi connectivity index (χ2n) is 6.07. The number of hydrogen-bond donors (Lipinski definition) is 1. The van der Waals surface area contributed by atoms with E-state index < -0.39 is 4.92 Å². The van der Waals surface area contributed by atoms with Crippen LogP contribution in [0.15, 0.2) is 29.2 Å². The predicted octanol–water partition coefficient (Wildman–Crippen LogP) is 2.52. The number of nitro benzene ring substituents is 1. The van der Waals surface area contributed by atoms with E-state index in [0.717, 1.165) is 4.90 Å². The average Bonchev–Trinajstić information content (AvgIpc) is 2.46. The standard InChI is InChI=1S/C15H23N3O3S/c1-11(14(19)17(4)10-15(2,3)9-16)22-13-7-5-12(6-8-13)18(20)21/h5-8,11H,9-10,16H2,1-4H3. The fraction of sp³-hybridized carbons (Fsp3) is 0.533. The van der Waals surface area contributed by atoms with Gasteiger partial charge >= 0.3 is 0 Å². The number of hydrogen-bond acceptors (Lipinski definition) is 5. The van der Waals surface area contributed by atoms with Crippen LogP contribution in [0.3, 0.4) is 0 Å². The minimum absolute atomic E-state index is 0.0184. The number of nitrogens with two attached hydrogens (primary N) is 1. The van der Waals surface area contributed by atoms with Gasteiger partial charge in [-0.2, -0.15) is 0 Å². The van der Waals surface area contributed by atoms with E-state index in [1.54, 1.807) is 24.1 Å². The number of thioether (sulfide) groups is 1. The van der Waals surface area contributed by atoms with Crippen molar-refractivity contribution >= 4 is 23.4 Å². The van der Waals surface area contributed by atoms with Crippen molar-refractivity contribution in [2.45, 2.75) is 30.9 Å². The summed E-state index contributed by atoms with van der Waals surface area (Å²) in [6.07, 6.45) is 0. The van der Waals surface area contributed by atoms with Crippen LogP contribution in [0.2, 0.25) is 0 Å². The van der Waals surface area contributed by atoms with Crippen LogP contribution in [0.1, 0.15) is 20.8 Å². The lowest BCUT2D eigenvalue weighted by Crippen LogP contribution is -2.42. The Morgan fingerprint density at radius 3 is 2.41 bits per heavy atom. The Bertz CT molecular complexity index is 531. The number of carbonyl (C=O) groups excluding carboxylic acids is 1. The van der Waals surface area contributed by atoms with Crippen LogP contribution in [-0.4, -0.2) is 41.1 Å². The molecule has 1 amide bonds. The summed E-state index contributed by atoms with van der Waals surface area (Å²) < 4.78 is 0. The van der Waals surface area contributed by atoms with Gasteiger partial charge in [-0.15, -0.1) is 11.8 Å². The summed E-state index contributed by atoms with van der Waals surface area (Å²) in [5, 5.41) is 10.4. The highest BCUT2D eigenvalue weighted by Crippen LogP contribution is 2.27. The lowest BCUT2D eigenvalue weighted by molar-refractivity contribution is -0.384. The van der Waals surface area contributed by atoms with Crippen LogP contribution >= 0.6 is 11.8 Å². The van der Waals surface area contributed by atoms with E-state index in [0.29, 0.717) is 13.1 Å². The second kappa shape index (κ2) is 7.60. The van der Waals surface area contributed by atoms with E-state index >= 15 is 0 Å². The number of nitro groups is 1. The van der Waals surface area contributed by atoms with Crippen LogP contribution < -0.4 is 5.73 Å². The van der Waals surface area contributed by atoms with Gasteiger partial charge in [-0.1, -0.05) is 13.8 Å². The molecule has 0 aliphatic rings. The Labute approximate surface area is 135 Å². The molecule has 0 fully saturated rings. The fourth-order valence-corrected chi connectivity index (χ4v) is 2.98. The Morgan fingerprint density at radius 1 is 1.41 bits per heavy atom. The quantitative estimate of drug-likeness (QED) is 0.472. The first kappa shape index (κ1) is 18.4. The smallest absolute Gasteiger partial charge is 0.269 e. The van der Waals surface area contributed by atoms with Gasteiger partial charge in [0.05, 0.1) is 10.2 Å². The number of non-ortho nitro benzene ring substituents is 1. The van der Waals surface area contributed by atoms with Crippen LogP contribution in [0.25, 0.3) is 0 Å². The third-order valence-corrected chi connectivity index (χ3v) is 4.40. The molecular formula is C15H23N3O3S. The molecule has 0 radical (unpaired) electrons. The van der Waals surface area contributed by atoms with Crippen molar-refractivity contribution in [2.24, 2.45) is 11.1 Å². The molecule has 1 aromatic rings. The summed E-state index contributed by atoms with van der Waals surface area (Å²) in [5.74, 6) is 0.0184. The molecule has 0 saturated carbocycles. The second-order valence-corrected chi connectivity index (χ2v) is 7.49. The van der Waals surface area contributed by atoms with Gasteiger partial charge in [-0.25, -0.2) is 0 Å². The third-order valence-electron chi connectivity index (χ3n) is 3.30. The van der Waals surface area contributed by atoms with E-state index in [1.807, 2.05) is 20.8 Å². The molecular weight excluding hydrogens is 302 g/mol. The first-order chi connectivity index (χ1) is 10.2. The van der Waals surface area contributed by atoms with Crippen molar-refractivity contribution in [3.8, 4) is 0 Å². The number of carbonyl (C=O) groups is 1. The summed E-state index contributed by atoms with van der Waals surface area (Å²) in [5.41, 5.74) is 5.62. The van der Waals surface area contributed by atoms with Gasteiger partial charge < -0.3 is 10.6 Å². The zero-order valence-electron chi connectivity index (χ0n) is 13.4. The van der Waals surface area contributed by atoms with Gasteiger partial charge in [0.1, 0.15) is 0 Å². The Kier molecular flexibility index (Phi) is 6.37. The molecule has 1 atom stereocenters. The Hall–Kier alpha value is -1.60. The highest BCUT2D eigenvalue weighted by molar-refractivity contribution is 8.00. The first-order valence-corrected chi connectivity index (χ1v) is 7.90. The highest BCUT2D eigenvalue weighted by atomic mass is 32.2. The van der Waals surface area contributed by atoms with Crippen molar-refractivity contribution in [3.05, 3.63) is 34.4 Å². The maximum absolute atomic E-state index is 12.4. The molecule has 0 spiro atoms. The summed E-state index contributed by atoms with van der Waals surface area (Å²) in [6, 6.07) is 6.22. The molecule has 2 N–H and O–H groups in total. The monoisotopic (exact) mass is 325 g/mol. The van der Waals surface area contributed by atoms with Gasteiger partial charge in [0.25, 0.3) is 5.69 Å². The van der Waals surface area contributed by atoms with E-state index in [-0.39, 0.29) is 22.3 Å². The van der Waals surface area contributed by atoms with E-state index in [2.05, 4.69) is 0 Å². The maximum Gasteiger partial charge on any atom is 0.269 e. The van der Waals surface area contributed by atoms with Crippen LogP contribution in [-0.2, 0) is 4.79 Å². The lowest BCUT2D eigenvalue weighted by atomic mass is 9.93. The molecule has 7 heteroatoms. The Morgan fingerprint density at radius 2 is 1.95 bits per heavy atom. The van der Waals surface area contributed by atoms with Gasteiger partial charge in [-0.3, -0.25) is 14.9 Å². The van der Waals surface area contributed by atoms with Gasteiger partial charge in [0.2, 0.25) is 5.91 Å². The summed E-state index contributed by atoms with van der Waals surface area (Å²) >= 11 is 1.39. The van der Waals surface area contributed by atoms with E-state index in [4.69, 9.17) is 5.73 Å². The van der Waals surface area contributed by atoms with Gasteiger partial charge in [0, 0.05) is 30.6 Å². The normalized spacial score (nSPS) is 12.8. The van der Waals surface area contributed by atoms with E-state index in [9.17, 15) is 14.9 Å². The zero-order valence-corrected chi connectivity index (χ0v) is 14.2. The molecule has 1 unspecified atom stereocenters. The third kappa shape index (κ3) is 5.31. The highest BCUT2D eigenvalue weighted by Gasteiger charge is 2.24. The molecule has 0 aliphatic carbocycles. The molecule has 22 heavy (non-hydrogen) atoms.